The lowest BCUT2D eigenvalue weighted by atomic mass is 9.94. The standard InChI is InChI=1S/C14H20BrN5/c1-16-9-12-14(15)20-13(17-12)4-3-11(18-20)10-5-7-19(2)8-6-10/h3-4,10,16H,5-9H2,1-2H3. The Morgan fingerprint density at radius 1 is 1.35 bits per heavy atom. The lowest BCUT2D eigenvalue weighted by Crippen LogP contribution is -2.29. The highest BCUT2D eigenvalue weighted by atomic mass is 79.9. The first kappa shape index (κ1) is 14.0. The van der Waals surface area contributed by atoms with Gasteiger partial charge in [0.25, 0.3) is 0 Å². The number of hydrogen-bond donors (Lipinski definition) is 1. The summed E-state index contributed by atoms with van der Waals surface area (Å²) in [5.41, 5.74) is 3.08. The van der Waals surface area contributed by atoms with Crippen LogP contribution in [0.1, 0.15) is 30.1 Å². The Hall–Kier alpha value is -0.980. The van der Waals surface area contributed by atoms with Gasteiger partial charge in [-0.1, -0.05) is 0 Å². The predicted octanol–water partition coefficient (Wildman–Crippen LogP) is 2.02. The maximum absolute atomic E-state index is 4.79. The minimum atomic E-state index is 0.567. The minimum Gasteiger partial charge on any atom is -0.314 e. The highest BCUT2D eigenvalue weighted by Crippen LogP contribution is 2.27. The predicted molar refractivity (Wildman–Crippen MR) is 82.9 cm³/mol. The fraction of sp³-hybridized carbons (Fsp3) is 0.571. The van der Waals surface area contributed by atoms with E-state index in [1.807, 2.05) is 11.6 Å². The molecular formula is C14H20BrN5. The van der Waals surface area contributed by atoms with Crippen molar-refractivity contribution in [2.24, 2.45) is 0 Å². The van der Waals surface area contributed by atoms with Gasteiger partial charge in [0.2, 0.25) is 0 Å². The fourth-order valence-corrected chi connectivity index (χ4v) is 3.26. The van der Waals surface area contributed by atoms with Crippen LogP contribution in [0, 0.1) is 0 Å². The minimum absolute atomic E-state index is 0.567. The van der Waals surface area contributed by atoms with Crippen LogP contribution >= 0.6 is 15.9 Å². The Bertz CT molecular complexity index is 601. The quantitative estimate of drug-likeness (QED) is 0.930. The third-order valence-electron chi connectivity index (χ3n) is 3.99. The maximum atomic E-state index is 4.79. The summed E-state index contributed by atoms with van der Waals surface area (Å²) in [5, 5.41) is 7.92. The number of aromatic nitrogens is 3. The zero-order chi connectivity index (χ0) is 14.1. The molecule has 1 aliphatic rings. The van der Waals surface area contributed by atoms with Gasteiger partial charge in [-0.25, -0.2) is 9.50 Å². The third kappa shape index (κ3) is 2.60. The lowest BCUT2D eigenvalue weighted by Gasteiger charge is -2.28. The van der Waals surface area contributed by atoms with Crippen molar-refractivity contribution in [2.75, 3.05) is 27.2 Å². The normalized spacial score (nSPS) is 17.9. The van der Waals surface area contributed by atoms with Gasteiger partial charge in [-0.05, 0) is 68.1 Å². The molecule has 3 rings (SSSR count). The molecule has 0 saturated carbocycles. The molecule has 0 radical (unpaired) electrons. The zero-order valence-corrected chi connectivity index (χ0v) is 13.5. The molecule has 1 fully saturated rings. The summed E-state index contributed by atoms with van der Waals surface area (Å²) in [4.78, 5) is 6.97. The van der Waals surface area contributed by atoms with Gasteiger partial charge >= 0.3 is 0 Å². The zero-order valence-electron chi connectivity index (χ0n) is 11.9. The van der Waals surface area contributed by atoms with Gasteiger partial charge in [0.1, 0.15) is 4.60 Å². The van der Waals surface area contributed by atoms with E-state index in [-0.39, 0.29) is 0 Å². The molecule has 0 unspecified atom stereocenters. The average molecular weight is 338 g/mol. The van der Waals surface area contributed by atoms with Crippen molar-refractivity contribution in [3.05, 3.63) is 28.1 Å². The second-order valence-corrected chi connectivity index (χ2v) is 6.24. The van der Waals surface area contributed by atoms with E-state index in [4.69, 9.17) is 5.10 Å². The van der Waals surface area contributed by atoms with E-state index in [9.17, 15) is 0 Å². The van der Waals surface area contributed by atoms with Gasteiger partial charge in [0.05, 0.1) is 11.4 Å². The Labute approximate surface area is 127 Å². The summed E-state index contributed by atoms with van der Waals surface area (Å²) in [6.45, 7) is 3.05. The molecule has 1 saturated heterocycles. The van der Waals surface area contributed by atoms with Crippen molar-refractivity contribution in [3.63, 3.8) is 0 Å². The van der Waals surface area contributed by atoms with Crippen LogP contribution in [0.25, 0.3) is 5.65 Å². The van der Waals surface area contributed by atoms with Crippen LogP contribution in [-0.4, -0.2) is 46.7 Å². The van der Waals surface area contributed by atoms with Crippen molar-refractivity contribution >= 4 is 21.6 Å². The number of imidazole rings is 1. The smallest absolute Gasteiger partial charge is 0.155 e. The van der Waals surface area contributed by atoms with E-state index in [2.05, 4.69) is 50.3 Å². The summed E-state index contributed by atoms with van der Waals surface area (Å²) in [5.74, 6) is 0.567. The topological polar surface area (TPSA) is 45.5 Å². The SMILES string of the molecule is CNCc1nc2ccc(C3CCN(C)CC3)nn2c1Br. The van der Waals surface area contributed by atoms with E-state index in [0.29, 0.717) is 5.92 Å². The molecule has 1 N–H and O–H groups in total. The maximum Gasteiger partial charge on any atom is 0.155 e. The molecule has 0 aliphatic carbocycles. The van der Waals surface area contributed by atoms with Gasteiger partial charge in [0, 0.05) is 12.5 Å². The molecule has 0 atom stereocenters. The van der Waals surface area contributed by atoms with Crippen molar-refractivity contribution in [1.29, 1.82) is 0 Å². The van der Waals surface area contributed by atoms with E-state index in [1.54, 1.807) is 0 Å². The first-order valence-electron chi connectivity index (χ1n) is 7.06. The van der Waals surface area contributed by atoms with Gasteiger partial charge < -0.3 is 10.2 Å². The molecule has 1 aliphatic heterocycles. The van der Waals surface area contributed by atoms with Gasteiger partial charge in [-0.15, -0.1) is 0 Å². The molecule has 0 spiro atoms. The Morgan fingerprint density at radius 3 is 2.80 bits per heavy atom. The van der Waals surface area contributed by atoms with E-state index in [0.717, 1.165) is 35.6 Å². The van der Waals surface area contributed by atoms with E-state index in [1.165, 1.54) is 18.5 Å². The molecule has 5 nitrogen and oxygen atoms in total. The Balaban J connectivity index is 1.91. The van der Waals surface area contributed by atoms with Gasteiger partial charge in [-0.2, -0.15) is 5.10 Å². The Morgan fingerprint density at radius 2 is 2.10 bits per heavy atom. The van der Waals surface area contributed by atoms with E-state index < -0.39 is 0 Å². The number of nitrogens with one attached hydrogen (secondary N) is 1. The van der Waals surface area contributed by atoms with Crippen LogP contribution in [0.2, 0.25) is 0 Å². The summed E-state index contributed by atoms with van der Waals surface area (Å²) in [6, 6.07) is 4.21. The monoisotopic (exact) mass is 337 g/mol. The van der Waals surface area contributed by atoms with Gasteiger partial charge in [-0.3, -0.25) is 0 Å². The number of hydrogen-bond acceptors (Lipinski definition) is 4. The van der Waals surface area contributed by atoms with Crippen molar-refractivity contribution < 1.29 is 0 Å². The number of fused-ring (bicyclic) bond motifs is 1. The molecule has 2 aromatic heterocycles. The van der Waals surface area contributed by atoms with E-state index >= 15 is 0 Å². The number of likely N-dealkylation sites (tertiary alicyclic amines) is 1. The Kier molecular flexibility index (Phi) is 4.05. The number of nitrogens with zero attached hydrogens (tertiary/aromatic N) is 4. The second kappa shape index (κ2) is 5.79. The molecule has 108 valence electrons. The third-order valence-corrected chi connectivity index (χ3v) is 4.78. The fourth-order valence-electron chi connectivity index (χ4n) is 2.77. The van der Waals surface area contributed by atoms with Crippen molar-refractivity contribution in [3.8, 4) is 0 Å². The summed E-state index contributed by atoms with van der Waals surface area (Å²) < 4.78 is 2.87. The number of piperidine rings is 1. The summed E-state index contributed by atoms with van der Waals surface area (Å²) in [6.07, 6.45) is 2.37. The summed E-state index contributed by atoms with van der Waals surface area (Å²) in [7, 11) is 4.11. The highest BCUT2D eigenvalue weighted by Gasteiger charge is 2.20. The largest absolute Gasteiger partial charge is 0.314 e. The molecule has 2 aromatic rings. The number of halogens is 1. The number of rotatable bonds is 3. The molecule has 0 bridgehead atoms. The highest BCUT2D eigenvalue weighted by molar-refractivity contribution is 9.10. The first-order valence-corrected chi connectivity index (χ1v) is 7.85. The van der Waals surface area contributed by atoms with Crippen LogP contribution in [0.5, 0.6) is 0 Å². The second-order valence-electron chi connectivity index (χ2n) is 5.49. The molecule has 20 heavy (non-hydrogen) atoms. The van der Waals surface area contributed by atoms with Crippen LogP contribution in [0.15, 0.2) is 16.7 Å². The van der Waals surface area contributed by atoms with Crippen LogP contribution in [-0.2, 0) is 6.54 Å². The summed E-state index contributed by atoms with van der Waals surface area (Å²) >= 11 is 3.61. The molecule has 6 heteroatoms. The van der Waals surface area contributed by atoms with Crippen molar-refractivity contribution in [1.82, 2.24) is 24.8 Å². The van der Waals surface area contributed by atoms with Crippen molar-refractivity contribution in [2.45, 2.75) is 25.3 Å². The molecule has 0 aromatic carbocycles. The van der Waals surface area contributed by atoms with Crippen LogP contribution < -0.4 is 5.32 Å². The van der Waals surface area contributed by atoms with Gasteiger partial charge in [0.15, 0.2) is 5.65 Å². The molecule has 0 amide bonds. The van der Waals surface area contributed by atoms with Crippen LogP contribution in [0.3, 0.4) is 0 Å². The molecular weight excluding hydrogens is 318 g/mol. The first-order chi connectivity index (χ1) is 9.69. The average Bonchev–Trinajstić information content (AvgIpc) is 2.77. The molecule has 3 heterocycles. The van der Waals surface area contributed by atoms with Crippen LogP contribution in [0.4, 0.5) is 0 Å². The lowest BCUT2D eigenvalue weighted by molar-refractivity contribution is 0.252.